The molecule has 1 N–H and O–H groups in total. The average Bonchev–Trinajstić information content (AvgIpc) is 2.96. The number of hydrogen-bond donors (Lipinski definition) is 1. The van der Waals surface area contributed by atoms with Crippen LogP contribution in [0.15, 0.2) is 35.1 Å². The molecule has 2 aromatic heterocycles. The average molecular weight is 371 g/mol. The fourth-order valence-corrected chi connectivity index (χ4v) is 5.10. The number of benzene rings is 1. The quantitative estimate of drug-likeness (QED) is 0.755. The predicted molar refractivity (Wildman–Crippen MR) is 99.7 cm³/mol. The second kappa shape index (κ2) is 6.36. The summed E-state index contributed by atoms with van der Waals surface area (Å²) < 4.78 is 15.2. The van der Waals surface area contributed by atoms with Crippen molar-refractivity contribution in [2.24, 2.45) is 5.92 Å². The molecule has 1 atom stereocenters. The highest BCUT2D eigenvalue weighted by atomic mass is 32.1. The minimum absolute atomic E-state index is 0.0292. The number of nitrogens with zero attached hydrogens (tertiary/aromatic N) is 1. The lowest BCUT2D eigenvalue weighted by Crippen LogP contribution is -2.27. The van der Waals surface area contributed by atoms with E-state index in [-0.39, 0.29) is 23.6 Å². The number of hydrogen-bond acceptors (Lipinski definition) is 3. The van der Waals surface area contributed by atoms with E-state index in [1.54, 1.807) is 18.2 Å². The van der Waals surface area contributed by atoms with E-state index in [9.17, 15) is 19.1 Å². The van der Waals surface area contributed by atoms with Crippen LogP contribution in [-0.2, 0) is 19.4 Å². The van der Waals surface area contributed by atoms with Gasteiger partial charge in [0.05, 0.1) is 11.9 Å². The number of carbonyl (C=O) groups is 1. The van der Waals surface area contributed by atoms with E-state index in [1.807, 2.05) is 0 Å². The van der Waals surface area contributed by atoms with Crippen molar-refractivity contribution in [2.75, 3.05) is 0 Å². The van der Waals surface area contributed by atoms with Gasteiger partial charge in [0.15, 0.2) is 0 Å². The van der Waals surface area contributed by atoms with Crippen molar-refractivity contribution < 1.29 is 14.3 Å². The van der Waals surface area contributed by atoms with Crippen molar-refractivity contribution in [2.45, 2.75) is 32.7 Å². The summed E-state index contributed by atoms with van der Waals surface area (Å²) in [4.78, 5) is 26.1. The van der Waals surface area contributed by atoms with E-state index in [1.165, 1.54) is 32.9 Å². The summed E-state index contributed by atoms with van der Waals surface area (Å²) in [5.74, 6) is -0.919. The Bertz CT molecular complexity index is 1070. The van der Waals surface area contributed by atoms with E-state index < -0.39 is 5.97 Å². The molecule has 134 valence electrons. The Morgan fingerprint density at radius 3 is 2.77 bits per heavy atom. The van der Waals surface area contributed by atoms with Crippen LogP contribution in [0.25, 0.3) is 10.1 Å². The third-order valence-electron chi connectivity index (χ3n) is 5.03. The van der Waals surface area contributed by atoms with Crippen molar-refractivity contribution in [3.05, 3.63) is 68.2 Å². The number of carboxylic acid groups (broad SMARTS) is 1. The predicted octanol–water partition coefficient (Wildman–Crippen LogP) is 4.07. The van der Waals surface area contributed by atoms with Gasteiger partial charge in [-0.25, -0.2) is 9.18 Å². The van der Waals surface area contributed by atoms with Gasteiger partial charge in [-0.1, -0.05) is 19.1 Å². The summed E-state index contributed by atoms with van der Waals surface area (Å²) in [7, 11) is 0. The summed E-state index contributed by atoms with van der Waals surface area (Å²) in [6.45, 7) is 2.31. The normalized spacial score (nSPS) is 16.6. The summed E-state index contributed by atoms with van der Waals surface area (Å²) in [6, 6.07) is 7.38. The second-order valence-corrected chi connectivity index (χ2v) is 8.08. The number of carboxylic acids is 1. The van der Waals surface area contributed by atoms with Crippen LogP contribution >= 0.6 is 11.3 Å². The lowest BCUT2D eigenvalue weighted by molar-refractivity contribution is 0.0684. The molecule has 3 aromatic rings. The van der Waals surface area contributed by atoms with Crippen molar-refractivity contribution in [3.8, 4) is 0 Å². The summed E-state index contributed by atoms with van der Waals surface area (Å²) in [6.07, 6.45) is 2.83. The lowest BCUT2D eigenvalue weighted by Gasteiger charge is -2.18. The highest BCUT2D eigenvalue weighted by Gasteiger charge is 2.25. The van der Waals surface area contributed by atoms with Gasteiger partial charge in [0.25, 0.3) is 5.56 Å². The van der Waals surface area contributed by atoms with Crippen LogP contribution in [0.5, 0.6) is 0 Å². The number of halogens is 1. The number of thiophene rings is 1. The molecule has 0 spiro atoms. The Morgan fingerprint density at radius 1 is 1.35 bits per heavy atom. The molecule has 1 aromatic carbocycles. The first-order valence-electron chi connectivity index (χ1n) is 8.60. The maximum Gasteiger partial charge on any atom is 0.352 e. The van der Waals surface area contributed by atoms with Crippen LogP contribution < -0.4 is 5.56 Å². The lowest BCUT2D eigenvalue weighted by atomic mass is 9.89. The third-order valence-corrected chi connectivity index (χ3v) is 6.23. The number of aryl methyl sites for hydroxylation is 1. The summed E-state index contributed by atoms with van der Waals surface area (Å²) in [5, 5.41) is 10.3. The van der Waals surface area contributed by atoms with Gasteiger partial charge in [-0.3, -0.25) is 9.36 Å². The molecule has 0 radical (unpaired) electrons. The molecule has 6 heteroatoms. The first-order chi connectivity index (χ1) is 12.4. The number of fused-ring (bicyclic) bond motifs is 3. The van der Waals surface area contributed by atoms with Crippen LogP contribution in [0.2, 0.25) is 0 Å². The standard InChI is InChI=1S/C20H18FNO3S/c1-11-2-7-14-16(8-11)26-17-9-15(20(24)25)22(19(23)18(14)17)10-12-3-5-13(21)6-4-12/h3-6,9,11H,2,7-8,10H2,1H3,(H,24,25). The van der Waals surface area contributed by atoms with Crippen LogP contribution in [-0.4, -0.2) is 15.6 Å². The Morgan fingerprint density at radius 2 is 2.08 bits per heavy atom. The Hall–Kier alpha value is -2.47. The van der Waals surface area contributed by atoms with Crippen LogP contribution in [0.1, 0.15) is 39.8 Å². The number of rotatable bonds is 3. The van der Waals surface area contributed by atoms with Gasteiger partial charge >= 0.3 is 5.97 Å². The maximum atomic E-state index is 13.2. The minimum atomic E-state index is -1.13. The fraction of sp³-hybridized carbons (Fsp3) is 0.300. The topological polar surface area (TPSA) is 59.3 Å². The van der Waals surface area contributed by atoms with E-state index in [4.69, 9.17) is 0 Å². The molecule has 4 rings (SSSR count). The molecule has 0 amide bonds. The molecule has 0 saturated heterocycles. The van der Waals surface area contributed by atoms with E-state index >= 15 is 0 Å². The molecular weight excluding hydrogens is 353 g/mol. The molecule has 0 bridgehead atoms. The molecule has 0 aliphatic heterocycles. The number of aromatic carboxylic acids is 1. The smallest absolute Gasteiger partial charge is 0.352 e. The van der Waals surface area contributed by atoms with E-state index in [0.717, 1.165) is 29.5 Å². The van der Waals surface area contributed by atoms with Crippen LogP contribution in [0, 0.1) is 11.7 Å². The van der Waals surface area contributed by atoms with E-state index in [2.05, 4.69) is 6.92 Å². The summed E-state index contributed by atoms with van der Waals surface area (Å²) in [5.41, 5.74) is 1.47. The first-order valence-corrected chi connectivity index (χ1v) is 9.41. The molecule has 0 saturated carbocycles. The Kier molecular flexibility index (Phi) is 4.15. The Balaban J connectivity index is 1.91. The van der Waals surface area contributed by atoms with Crippen molar-refractivity contribution >= 4 is 27.4 Å². The van der Waals surface area contributed by atoms with Crippen molar-refractivity contribution in [1.29, 1.82) is 0 Å². The summed E-state index contributed by atoms with van der Waals surface area (Å²) >= 11 is 1.54. The van der Waals surface area contributed by atoms with Crippen LogP contribution in [0.4, 0.5) is 4.39 Å². The van der Waals surface area contributed by atoms with Gasteiger partial charge in [-0.2, -0.15) is 0 Å². The number of aromatic nitrogens is 1. The first kappa shape index (κ1) is 17.0. The molecular formula is C20H18FNO3S. The van der Waals surface area contributed by atoms with Gasteiger partial charge in [0.1, 0.15) is 11.5 Å². The van der Waals surface area contributed by atoms with Crippen molar-refractivity contribution in [1.82, 2.24) is 4.57 Å². The molecule has 1 unspecified atom stereocenters. The van der Waals surface area contributed by atoms with Crippen LogP contribution in [0.3, 0.4) is 0 Å². The van der Waals surface area contributed by atoms with Gasteiger partial charge in [-0.15, -0.1) is 11.3 Å². The monoisotopic (exact) mass is 371 g/mol. The molecule has 4 nitrogen and oxygen atoms in total. The molecule has 1 aliphatic carbocycles. The fourth-order valence-electron chi connectivity index (χ4n) is 3.66. The number of pyridine rings is 1. The van der Waals surface area contributed by atoms with E-state index in [0.29, 0.717) is 16.9 Å². The molecule has 0 fully saturated rings. The molecule has 2 heterocycles. The molecule has 26 heavy (non-hydrogen) atoms. The van der Waals surface area contributed by atoms with Crippen molar-refractivity contribution in [3.63, 3.8) is 0 Å². The Labute approximate surface area is 153 Å². The van der Waals surface area contributed by atoms with Gasteiger partial charge < -0.3 is 5.11 Å². The minimum Gasteiger partial charge on any atom is -0.477 e. The zero-order valence-electron chi connectivity index (χ0n) is 14.3. The highest BCUT2D eigenvalue weighted by Crippen LogP contribution is 2.37. The molecule has 1 aliphatic rings. The maximum absolute atomic E-state index is 13.2. The SMILES string of the molecule is CC1CCc2c(sc3cc(C(=O)O)n(Cc4ccc(F)cc4)c(=O)c23)C1. The van der Waals surface area contributed by atoms with Gasteiger partial charge in [-0.05, 0) is 54.5 Å². The largest absolute Gasteiger partial charge is 0.477 e. The zero-order chi connectivity index (χ0) is 18.4. The van der Waals surface area contributed by atoms with Gasteiger partial charge in [0.2, 0.25) is 0 Å². The van der Waals surface area contributed by atoms with Gasteiger partial charge in [0, 0.05) is 9.58 Å². The third kappa shape index (κ3) is 2.84. The highest BCUT2D eigenvalue weighted by molar-refractivity contribution is 7.19. The zero-order valence-corrected chi connectivity index (χ0v) is 15.1. The second-order valence-electron chi connectivity index (χ2n) is 6.94.